The molecule has 0 spiro atoms. The van der Waals surface area contributed by atoms with E-state index in [4.69, 9.17) is 5.73 Å². The molecule has 1 saturated carbocycles. The Morgan fingerprint density at radius 2 is 2.21 bits per heavy atom. The van der Waals surface area contributed by atoms with E-state index in [1.54, 1.807) is 18.3 Å². The van der Waals surface area contributed by atoms with Crippen molar-refractivity contribution in [2.24, 2.45) is 11.1 Å². The summed E-state index contributed by atoms with van der Waals surface area (Å²) in [4.78, 5) is 17.4. The molecule has 5 nitrogen and oxygen atoms in total. The summed E-state index contributed by atoms with van der Waals surface area (Å²) < 4.78 is 0. The van der Waals surface area contributed by atoms with Crippen molar-refractivity contribution in [1.29, 1.82) is 0 Å². The number of hydrogen-bond acceptors (Lipinski definition) is 4. The maximum Gasteiger partial charge on any atom is 0.248 e. The number of anilines is 1. The molecule has 5 heteroatoms. The quantitative estimate of drug-likeness (QED) is 0.835. The van der Waals surface area contributed by atoms with E-state index in [2.05, 4.69) is 4.98 Å². The molecule has 1 amide bonds. The maximum absolute atomic E-state index is 11.2. The van der Waals surface area contributed by atoms with Crippen LogP contribution in [0, 0.1) is 5.41 Å². The normalized spacial score (nSPS) is 17.4. The maximum atomic E-state index is 11.2. The first-order chi connectivity index (χ1) is 9.06. The van der Waals surface area contributed by atoms with Crippen LogP contribution in [0.4, 0.5) is 5.82 Å². The van der Waals surface area contributed by atoms with Gasteiger partial charge < -0.3 is 15.7 Å². The number of nitrogens with zero attached hydrogens (tertiary/aromatic N) is 2. The van der Waals surface area contributed by atoms with Crippen LogP contribution < -0.4 is 10.6 Å². The van der Waals surface area contributed by atoms with Gasteiger partial charge in [0.1, 0.15) is 5.82 Å². The van der Waals surface area contributed by atoms with Crippen molar-refractivity contribution in [3.63, 3.8) is 0 Å². The highest BCUT2D eigenvalue weighted by atomic mass is 16.3. The second-order valence-corrected chi connectivity index (χ2v) is 5.49. The van der Waals surface area contributed by atoms with E-state index >= 15 is 0 Å². The lowest BCUT2D eigenvalue weighted by atomic mass is 9.86. The highest BCUT2D eigenvalue weighted by Crippen LogP contribution is 2.38. The minimum Gasteiger partial charge on any atom is -0.396 e. The molecule has 0 aromatic carbocycles. The van der Waals surface area contributed by atoms with Crippen molar-refractivity contribution in [3.8, 4) is 0 Å². The number of nitrogens with two attached hydrogens (primary N) is 1. The molecule has 1 aromatic rings. The first-order valence-corrected chi connectivity index (χ1v) is 6.64. The van der Waals surface area contributed by atoms with Crippen LogP contribution in [-0.4, -0.2) is 36.2 Å². The average Bonchev–Trinajstić information content (AvgIpc) is 2.88. The SMILES string of the molecule is CN(CC1(CO)CCCC1)c1cc(C(N)=O)ccn1. The molecule has 19 heavy (non-hydrogen) atoms. The predicted molar refractivity (Wildman–Crippen MR) is 74.0 cm³/mol. The number of pyridine rings is 1. The second kappa shape index (κ2) is 5.57. The van der Waals surface area contributed by atoms with Gasteiger partial charge in [-0.15, -0.1) is 0 Å². The molecule has 0 saturated heterocycles. The van der Waals surface area contributed by atoms with Crippen LogP contribution >= 0.6 is 0 Å². The van der Waals surface area contributed by atoms with Crippen molar-refractivity contribution < 1.29 is 9.90 Å². The lowest BCUT2D eigenvalue weighted by molar-refractivity contribution is 0.1000. The van der Waals surface area contributed by atoms with E-state index in [1.807, 2.05) is 11.9 Å². The summed E-state index contributed by atoms with van der Waals surface area (Å²) in [7, 11) is 1.93. The summed E-state index contributed by atoms with van der Waals surface area (Å²) in [6.45, 7) is 0.950. The molecule has 2 rings (SSSR count). The third-order valence-corrected chi connectivity index (χ3v) is 3.99. The smallest absolute Gasteiger partial charge is 0.248 e. The molecule has 3 N–H and O–H groups in total. The zero-order valence-corrected chi connectivity index (χ0v) is 11.3. The Bertz CT molecular complexity index is 456. The van der Waals surface area contributed by atoms with Gasteiger partial charge in [-0.05, 0) is 25.0 Å². The van der Waals surface area contributed by atoms with Crippen LogP contribution in [0.1, 0.15) is 36.0 Å². The van der Waals surface area contributed by atoms with Gasteiger partial charge in [-0.25, -0.2) is 4.98 Å². The van der Waals surface area contributed by atoms with Crippen LogP contribution in [-0.2, 0) is 0 Å². The lowest BCUT2D eigenvalue weighted by Crippen LogP contribution is -2.37. The van der Waals surface area contributed by atoms with Crippen LogP contribution in [0.25, 0.3) is 0 Å². The standard InChI is InChI=1S/C14H21N3O2/c1-17(9-14(10-18)5-2-3-6-14)12-8-11(13(15)19)4-7-16-12/h4,7-8,18H,2-3,5-6,9-10H2,1H3,(H2,15,19). The molecule has 1 heterocycles. The molecule has 0 bridgehead atoms. The molecular formula is C14H21N3O2. The Morgan fingerprint density at radius 1 is 1.53 bits per heavy atom. The third kappa shape index (κ3) is 3.04. The fourth-order valence-corrected chi connectivity index (χ4v) is 2.86. The Balaban J connectivity index is 2.13. The Kier molecular flexibility index (Phi) is 4.04. The fourth-order valence-electron chi connectivity index (χ4n) is 2.86. The number of aliphatic hydroxyl groups excluding tert-OH is 1. The molecule has 0 atom stereocenters. The van der Waals surface area contributed by atoms with Crippen molar-refractivity contribution in [2.45, 2.75) is 25.7 Å². The van der Waals surface area contributed by atoms with Gasteiger partial charge in [-0.2, -0.15) is 0 Å². The van der Waals surface area contributed by atoms with Gasteiger partial charge in [-0.3, -0.25) is 4.79 Å². The number of rotatable bonds is 5. The van der Waals surface area contributed by atoms with Gasteiger partial charge in [-0.1, -0.05) is 12.8 Å². The van der Waals surface area contributed by atoms with Crippen LogP contribution in [0.2, 0.25) is 0 Å². The molecule has 1 aliphatic rings. The van der Waals surface area contributed by atoms with E-state index in [0.717, 1.165) is 25.2 Å². The second-order valence-electron chi connectivity index (χ2n) is 5.49. The van der Waals surface area contributed by atoms with Crippen molar-refractivity contribution in [1.82, 2.24) is 4.98 Å². The van der Waals surface area contributed by atoms with E-state index in [-0.39, 0.29) is 12.0 Å². The minimum absolute atomic E-state index is 0.0286. The predicted octanol–water partition coefficient (Wildman–Crippen LogP) is 1.17. The number of hydrogen-bond donors (Lipinski definition) is 2. The number of aromatic nitrogens is 1. The minimum atomic E-state index is -0.449. The van der Waals surface area contributed by atoms with E-state index in [0.29, 0.717) is 5.56 Å². The number of amides is 1. The average molecular weight is 263 g/mol. The summed E-state index contributed by atoms with van der Waals surface area (Å²) >= 11 is 0. The molecule has 1 aliphatic carbocycles. The monoisotopic (exact) mass is 263 g/mol. The van der Waals surface area contributed by atoms with Crippen molar-refractivity contribution >= 4 is 11.7 Å². The molecule has 104 valence electrons. The number of carbonyl (C=O) groups is 1. The highest BCUT2D eigenvalue weighted by Gasteiger charge is 2.34. The number of aliphatic hydroxyl groups is 1. The van der Waals surface area contributed by atoms with E-state index < -0.39 is 5.91 Å². The zero-order valence-electron chi connectivity index (χ0n) is 11.3. The molecule has 1 fully saturated rings. The molecular weight excluding hydrogens is 242 g/mol. The Labute approximate surface area is 113 Å². The summed E-state index contributed by atoms with van der Waals surface area (Å²) in [6, 6.07) is 3.30. The zero-order chi connectivity index (χ0) is 13.9. The lowest BCUT2D eigenvalue weighted by Gasteiger charge is -2.32. The molecule has 0 unspecified atom stereocenters. The molecule has 1 aromatic heterocycles. The first kappa shape index (κ1) is 13.8. The number of carbonyl (C=O) groups excluding carboxylic acids is 1. The van der Waals surface area contributed by atoms with Gasteiger partial charge >= 0.3 is 0 Å². The number of primary amides is 1. The molecule has 0 radical (unpaired) electrons. The van der Waals surface area contributed by atoms with Gasteiger partial charge in [0.15, 0.2) is 0 Å². The van der Waals surface area contributed by atoms with Gasteiger partial charge in [0.25, 0.3) is 0 Å². The summed E-state index contributed by atoms with van der Waals surface area (Å²) in [6.07, 6.45) is 6.02. The fraction of sp³-hybridized carbons (Fsp3) is 0.571. The van der Waals surface area contributed by atoms with Crippen LogP contribution in [0.3, 0.4) is 0 Å². The van der Waals surface area contributed by atoms with Crippen molar-refractivity contribution in [2.75, 3.05) is 25.1 Å². The summed E-state index contributed by atoms with van der Waals surface area (Å²) in [5.41, 5.74) is 5.70. The summed E-state index contributed by atoms with van der Waals surface area (Å²) in [5, 5.41) is 9.63. The van der Waals surface area contributed by atoms with Gasteiger partial charge in [0.2, 0.25) is 5.91 Å². The Morgan fingerprint density at radius 3 is 2.79 bits per heavy atom. The first-order valence-electron chi connectivity index (χ1n) is 6.64. The Hall–Kier alpha value is -1.62. The van der Waals surface area contributed by atoms with Crippen LogP contribution in [0.5, 0.6) is 0 Å². The van der Waals surface area contributed by atoms with E-state index in [1.165, 1.54) is 12.8 Å². The summed E-state index contributed by atoms with van der Waals surface area (Å²) in [5.74, 6) is 0.269. The highest BCUT2D eigenvalue weighted by molar-refractivity contribution is 5.93. The van der Waals surface area contributed by atoms with Gasteiger partial charge in [0, 0.05) is 30.8 Å². The van der Waals surface area contributed by atoms with Gasteiger partial charge in [0.05, 0.1) is 6.61 Å². The topological polar surface area (TPSA) is 79.5 Å². The third-order valence-electron chi connectivity index (χ3n) is 3.99. The van der Waals surface area contributed by atoms with Crippen molar-refractivity contribution in [3.05, 3.63) is 23.9 Å². The van der Waals surface area contributed by atoms with Crippen LogP contribution in [0.15, 0.2) is 18.3 Å². The van der Waals surface area contributed by atoms with E-state index in [9.17, 15) is 9.90 Å². The molecule has 0 aliphatic heterocycles. The largest absolute Gasteiger partial charge is 0.396 e.